The summed E-state index contributed by atoms with van der Waals surface area (Å²) >= 11 is 5.82. The highest BCUT2D eigenvalue weighted by molar-refractivity contribution is 6.30. The lowest BCUT2D eigenvalue weighted by Crippen LogP contribution is -2.38. The molecule has 1 fully saturated rings. The van der Waals surface area contributed by atoms with E-state index in [0.29, 0.717) is 18.0 Å². The van der Waals surface area contributed by atoms with Crippen LogP contribution >= 0.6 is 11.6 Å². The van der Waals surface area contributed by atoms with Crippen LogP contribution in [0.3, 0.4) is 0 Å². The molecule has 2 aromatic rings. The van der Waals surface area contributed by atoms with E-state index >= 15 is 0 Å². The number of fused-ring (bicyclic) bond motifs is 1. The predicted octanol–water partition coefficient (Wildman–Crippen LogP) is 4.79. The number of hydrogen-bond donors (Lipinski definition) is 0. The van der Waals surface area contributed by atoms with Gasteiger partial charge in [0.1, 0.15) is 5.82 Å². The van der Waals surface area contributed by atoms with Gasteiger partial charge in [0.15, 0.2) is 11.5 Å². The molecule has 4 rings (SSSR count). The van der Waals surface area contributed by atoms with Crippen molar-refractivity contribution >= 4 is 17.5 Å². The molecule has 0 N–H and O–H groups in total. The molecule has 2 aromatic carbocycles. The van der Waals surface area contributed by atoms with Gasteiger partial charge in [-0.1, -0.05) is 30.5 Å². The second kappa shape index (κ2) is 7.16. The van der Waals surface area contributed by atoms with Gasteiger partial charge in [-0.05, 0) is 48.7 Å². The molecule has 6 heteroatoms. The molecule has 4 nitrogen and oxygen atoms in total. The van der Waals surface area contributed by atoms with Crippen molar-refractivity contribution in [1.29, 1.82) is 0 Å². The molecule has 1 heterocycles. The minimum atomic E-state index is -0.587. The van der Waals surface area contributed by atoms with Crippen LogP contribution in [-0.4, -0.2) is 23.6 Å². The van der Waals surface area contributed by atoms with Gasteiger partial charge in [0.2, 0.25) is 6.79 Å². The summed E-state index contributed by atoms with van der Waals surface area (Å²) in [7, 11) is 0. The van der Waals surface area contributed by atoms with Crippen molar-refractivity contribution < 1.29 is 18.7 Å². The number of ether oxygens (including phenoxy) is 2. The molecular formula is C20H19ClFNO3. The maximum Gasteiger partial charge on any atom is 0.257 e. The number of benzene rings is 2. The first kappa shape index (κ1) is 17.2. The zero-order chi connectivity index (χ0) is 18.1. The second-order valence-corrected chi connectivity index (χ2v) is 7.12. The highest BCUT2D eigenvalue weighted by atomic mass is 35.5. The highest BCUT2D eigenvalue weighted by Crippen LogP contribution is 2.34. The number of nitrogens with zero attached hydrogens (tertiary/aromatic N) is 1. The van der Waals surface area contributed by atoms with Gasteiger partial charge in [-0.2, -0.15) is 0 Å². The largest absolute Gasteiger partial charge is 0.454 e. The van der Waals surface area contributed by atoms with Crippen LogP contribution in [0, 0.1) is 5.82 Å². The van der Waals surface area contributed by atoms with Crippen molar-refractivity contribution in [3.63, 3.8) is 0 Å². The summed E-state index contributed by atoms with van der Waals surface area (Å²) in [5.41, 5.74) is 0.992. The molecule has 2 aliphatic rings. The summed E-state index contributed by atoms with van der Waals surface area (Å²) in [6, 6.07) is 9.95. The van der Waals surface area contributed by atoms with Crippen LogP contribution in [-0.2, 0) is 6.54 Å². The Kier molecular flexibility index (Phi) is 4.72. The minimum absolute atomic E-state index is 0.0574. The van der Waals surface area contributed by atoms with E-state index in [9.17, 15) is 9.18 Å². The first-order chi connectivity index (χ1) is 12.6. The molecular weight excluding hydrogens is 357 g/mol. The average Bonchev–Trinajstić information content (AvgIpc) is 3.30. The molecule has 0 bridgehead atoms. The maximum absolute atomic E-state index is 14.3. The van der Waals surface area contributed by atoms with E-state index in [-0.39, 0.29) is 29.3 Å². The number of carbonyl (C=O) groups is 1. The standard InChI is InChI=1S/C20H19ClFNO3/c21-14-6-7-16(17(22)10-14)20(24)23(15-3-1-2-4-15)11-13-5-8-18-19(9-13)26-12-25-18/h5-10,15H,1-4,11-12H2. The van der Waals surface area contributed by atoms with E-state index in [1.807, 2.05) is 18.2 Å². The number of amides is 1. The molecule has 0 spiro atoms. The Morgan fingerprint density at radius 1 is 1.12 bits per heavy atom. The third kappa shape index (κ3) is 3.36. The van der Waals surface area contributed by atoms with Crippen LogP contribution in [0.5, 0.6) is 11.5 Å². The molecule has 0 saturated heterocycles. The third-order valence-corrected chi connectivity index (χ3v) is 5.21. The Balaban J connectivity index is 1.62. The topological polar surface area (TPSA) is 38.8 Å². The summed E-state index contributed by atoms with van der Waals surface area (Å²) in [6.07, 6.45) is 4.04. The van der Waals surface area contributed by atoms with Gasteiger partial charge in [-0.15, -0.1) is 0 Å². The fourth-order valence-corrected chi connectivity index (χ4v) is 3.80. The van der Waals surface area contributed by atoms with E-state index in [0.717, 1.165) is 31.2 Å². The zero-order valence-corrected chi connectivity index (χ0v) is 15.0. The number of hydrogen-bond acceptors (Lipinski definition) is 3. The molecule has 0 atom stereocenters. The number of halogens is 2. The van der Waals surface area contributed by atoms with Crippen molar-refractivity contribution in [2.24, 2.45) is 0 Å². The predicted molar refractivity (Wildman–Crippen MR) is 96.1 cm³/mol. The van der Waals surface area contributed by atoms with E-state index in [1.165, 1.54) is 12.1 Å². The van der Waals surface area contributed by atoms with Crippen LogP contribution in [0.1, 0.15) is 41.6 Å². The lowest BCUT2D eigenvalue weighted by molar-refractivity contribution is 0.0659. The number of carbonyl (C=O) groups excluding carboxylic acids is 1. The van der Waals surface area contributed by atoms with Crippen molar-refractivity contribution in [1.82, 2.24) is 4.90 Å². The summed E-state index contributed by atoms with van der Waals surface area (Å²) in [5, 5.41) is 0.280. The number of rotatable bonds is 4. The molecule has 0 radical (unpaired) electrons. The van der Waals surface area contributed by atoms with Crippen molar-refractivity contribution in [2.45, 2.75) is 38.3 Å². The fraction of sp³-hybridized carbons (Fsp3) is 0.350. The Labute approximate surface area is 156 Å². The van der Waals surface area contributed by atoms with Crippen LogP contribution < -0.4 is 9.47 Å². The Morgan fingerprint density at radius 2 is 1.88 bits per heavy atom. The monoisotopic (exact) mass is 375 g/mol. The van der Waals surface area contributed by atoms with Gasteiger partial charge in [0.05, 0.1) is 5.56 Å². The zero-order valence-electron chi connectivity index (χ0n) is 14.2. The summed E-state index contributed by atoms with van der Waals surface area (Å²) in [5.74, 6) is 0.496. The maximum atomic E-state index is 14.3. The molecule has 26 heavy (non-hydrogen) atoms. The summed E-state index contributed by atoms with van der Waals surface area (Å²) < 4.78 is 25.1. The van der Waals surface area contributed by atoms with Gasteiger partial charge in [-0.3, -0.25) is 4.79 Å². The van der Waals surface area contributed by atoms with Gasteiger partial charge in [0, 0.05) is 17.6 Å². The molecule has 1 aliphatic heterocycles. The Bertz CT molecular complexity index is 836. The summed E-state index contributed by atoms with van der Waals surface area (Å²) in [6.45, 7) is 0.613. The molecule has 0 aromatic heterocycles. The SMILES string of the molecule is O=C(c1ccc(Cl)cc1F)N(Cc1ccc2c(c1)OCO2)C1CCCC1. The van der Waals surface area contributed by atoms with Crippen LogP contribution in [0.2, 0.25) is 5.02 Å². The second-order valence-electron chi connectivity index (χ2n) is 6.68. The summed E-state index contributed by atoms with van der Waals surface area (Å²) in [4.78, 5) is 14.9. The molecule has 0 unspecified atom stereocenters. The van der Waals surface area contributed by atoms with Crippen LogP contribution in [0.4, 0.5) is 4.39 Å². The van der Waals surface area contributed by atoms with Crippen molar-refractivity contribution in [3.8, 4) is 11.5 Å². The lowest BCUT2D eigenvalue weighted by Gasteiger charge is -2.29. The van der Waals surface area contributed by atoms with E-state index < -0.39 is 5.82 Å². The average molecular weight is 376 g/mol. The highest BCUT2D eigenvalue weighted by Gasteiger charge is 2.29. The van der Waals surface area contributed by atoms with Crippen LogP contribution in [0.25, 0.3) is 0 Å². The van der Waals surface area contributed by atoms with Gasteiger partial charge >= 0.3 is 0 Å². The Morgan fingerprint density at radius 3 is 2.65 bits per heavy atom. The van der Waals surface area contributed by atoms with E-state index in [2.05, 4.69) is 0 Å². The van der Waals surface area contributed by atoms with Crippen molar-refractivity contribution in [3.05, 3.63) is 58.4 Å². The molecule has 136 valence electrons. The quantitative estimate of drug-likeness (QED) is 0.771. The minimum Gasteiger partial charge on any atom is -0.454 e. The smallest absolute Gasteiger partial charge is 0.257 e. The van der Waals surface area contributed by atoms with Crippen molar-refractivity contribution in [2.75, 3.05) is 6.79 Å². The molecule has 1 saturated carbocycles. The normalized spacial score (nSPS) is 16.1. The first-order valence-corrected chi connectivity index (χ1v) is 9.14. The van der Waals surface area contributed by atoms with Gasteiger partial charge in [-0.25, -0.2) is 4.39 Å². The first-order valence-electron chi connectivity index (χ1n) is 8.76. The van der Waals surface area contributed by atoms with Gasteiger partial charge in [0.25, 0.3) is 5.91 Å². The van der Waals surface area contributed by atoms with E-state index in [4.69, 9.17) is 21.1 Å². The van der Waals surface area contributed by atoms with E-state index in [1.54, 1.807) is 11.0 Å². The molecule has 1 aliphatic carbocycles. The Hall–Kier alpha value is -2.27. The fourth-order valence-electron chi connectivity index (χ4n) is 3.64. The van der Waals surface area contributed by atoms with Crippen LogP contribution in [0.15, 0.2) is 36.4 Å². The third-order valence-electron chi connectivity index (χ3n) is 4.98. The molecule has 1 amide bonds. The lowest BCUT2D eigenvalue weighted by atomic mass is 10.1. The van der Waals surface area contributed by atoms with Gasteiger partial charge < -0.3 is 14.4 Å².